The highest BCUT2D eigenvalue weighted by Crippen LogP contribution is 1.91. The molecule has 3 heteroatoms. The molecule has 0 aliphatic rings. The molecule has 0 aliphatic carbocycles. The van der Waals surface area contributed by atoms with E-state index in [9.17, 15) is 0 Å². The van der Waals surface area contributed by atoms with Crippen molar-refractivity contribution in [2.45, 2.75) is 13.3 Å². The van der Waals surface area contributed by atoms with E-state index in [1.54, 1.807) is 13.3 Å². The Bertz CT molecular complexity index is 171. The fourth-order valence-electron chi connectivity index (χ4n) is 0.702. The van der Waals surface area contributed by atoms with E-state index in [2.05, 4.69) is 31.4 Å². The Morgan fingerprint density at radius 2 is 2.36 bits per heavy atom. The van der Waals surface area contributed by atoms with Gasteiger partial charge in [0, 0.05) is 13.3 Å². The molecule has 0 aromatic rings. The second kappa shape index (κ2) is 7.13. The van der Waals surface area contributed by atoms with Gasteiger partial charge in [0.05, 0.1) is 0 Å². The van der Waals surface area contributed by atoms with Gasteiger partial charge >= 0.3 is 0 Å². The minimum Gasteiger partial charge on any atom is -0.313 e. The van der Waals surface area contributed by atoms with Gasteiger partial charge in [0.2, 0.25) is 0 Å². The van der Waals surface area contributed by atoms with Gasteiger partial charge in [-0.05, 0) is 12.5 Å². The summed E-state index contributed by atoms with van der Waals surface area (Å²) >= 11 is 0. The van der Waals surface area contributed by atoms with E-state index in [4.69, 9.17) is 0 Å². The van der Waals surface area contributed by atoms with Crippen LogP contribution in [0, 0.1) is 0 Å². The van der Waals surface area contributed by atoms with Crippen LogP contribution in [0.15, 0.2) is 28.8 Å². The van der Waals surface area contributed by atoms with E-state index in [0.29, 0.717) is 0 Å². The first-order valence-electron chi connectivity index (χ1n) is 3.84. The Balaban J connectivity index is 3.73. The van der Waals surface area contributed by atoms with Gasteiger partial charge in [-0.3, -0.25) is 0 Å². The summed E-state index contributed by atoms with van der Waals surface area (Å²) in [7, 11) is 3.85. The maximum Gasteiger partial charge on any atom is 0.138 e. The van der Waals surface area contributed by atoms with Crippen LogP contribution in [0.25, 0.3) is 0 Å². The van der Waals surface area contributed by atoms with Crippen molar-refractivity contribution in [3.8, 4) is 0 Å². The number of nitrogens with zero attached hydrogens (tertiary/aromatic N) is 1. The van der Waals surface area contributed by atoms with Gasteiger partial charge < -0.3 is 5.43 Å². The summed E-state index contributed by atoms with van der Waals surface area (Å²) in [6.07, 6.45) is 8.93. The van der Waals surface area contributed by atoms with E-state index in [1.807, 2.05) is 12.2 Å². The molecule has 0 aromatic heterocycles. The second-order valence-electron chi connectivity index (χ2n) is 2.22. The molecule has 60 valence electrons. The van der Waals surface area contributed by atoms with Gasteiger partial charge in [-0.1, -0.05) is 24.5 Å². The zero-order valence-corrected chi connectivity index (χ0v) is 7.46. The summed E-state index contributed by atoms with van der Waals surface area (Å²) in [6, 6.07) is 0. The van der Waals surface area contributed by atoms with Gasteiger partial charge in [-0.15, -0.1) is 0 Å². The summed E-state index contributed by atoms with van der Waals surface area (Å²) in [5.41, 5.74) is 3.95. The number of rotatable bonds is 4. The SMILES string of the molecule is BC(=C/CC)/C=C/C=N\NC. The predicted octanol–water partition coefficient (Wildman–Crippen LogP) is 0.675. The van der Waals surface area contributed by atoms with Gasteiger partial charge in [0.1, 0.15) is 7.85 Å². The standard InChI is InChI=1S/C8H15BN2/c1-3-5-8(9)6-4-7-11-10-2/h4-7,10H,3,9H2,1-2H3/b6-4+,8-5+,11-7-. The van der Waals surface area contributed by atoms with Gasteiger partial charge in [-0.25, -0.2) is 0 Å². The van der Waals surface area contributed by atoms with E-state index >= 15 is 0 Å². The van der Waals surface area contributed by atoms with E-state index in [-0.39, 0.29) is 0 Å². The lowest BCUT2D eigenvalue weighted by atomic mass is 9.94. The highest BCUT2D eigenvalue weighted by molar-refractivity contribution is 6.23. The monoisotopic (exact) mass is 150 g/mol. The zero-order chi connectivity index (χ0) is 8.53. The number of hydrogen-bond donors (Lipinski definition) is 1. The molecule has 0 radical (unpaired) electrons. The molecule has 0 aromatic carbocycles. The fraction of sp³-hybridized carbons (Fsp3) is 0.375. The highest BCUT2D eigenvalue weighted by atomic mass is 15.3. The number of nitrogens with one attached hydrogen (secondary N) is 1. The molecule has 0 amide bonds. The summed E-state index contributed by atoms with van der Waals surface area (Å²) in [5, 5.41) is 3.81. The molecule has 0 saturated heterocycles. The Morgan fingerprint density at radius 3 is 2.91 bits per heavy atom. The van der Waals surface area contributed by atoms with Gasteiger partial charge in [-0.2, -0.15) is 5.10 Å². The minimum atomic E-state index is 1.08. The summed E-state index contributed by atoms with van der Waals surface area (Å²) in [6.45, 7) is 2.12. The molecule has 0 atom stereocenters. The average molecular weight is 150 g/mol. The molecule has 0 heterocycles. The quantitative estimate of drug-likeness (QED) is 0.271. The summed E-state index contributed by atoms with van der Waals surface area (Å²) in [4.78, 5) is 0. The molecular formula is C8H15BN2. The van der Waals surface area contributed by atoms with Crippen LogP contribution in [0.3, 0.4) is 0 Å². The van der Waals surface area contributed by atoms with Crippen LogP contribution in [0.4, 0.5) is 0 Å². The smallest absolute Gasteiger partial charge is 0.138 e. The first-order chi connectivity index (χ1) is 5.31. The third-order valence-electron chi connectivity index (χ3n) is 1.17. The summed E-state index contributed by atoms with van der Waals surface area (Å²) < 4.78 is 0. The zero-order valence-electron chi connectivity index (χ0n) is 7.46. The fourth-order valence-corrected chi connectivity index (χ4v) is 0.702. The summed E-state index contributed by atoms with van der Waals surface area (Å²) in [5.74, 6) is 0. The van der Waals surface area contributed by atoms with Gasteiger partial charge in [0.25, 0.3) is 0 Å². The molecule has 0 bridgehead atoms. The van der Waals surface area contributed by atoms with Crippen molar-refractivity contribution >= 4 is 14.1 Å². The van der Waals surface area contributed by atoms with Crippen LogP contribution in [0.5, 0.6) is 0 Å². The maximum absolute atomic E-state index is 3.81. The van der Waals surface area contributed by atoms with Crippen molar-refractivity contribution in [1.82, 2.24) is 5.43 Å². The average Bonchev–Trinajstić information content (AvgIpc) is 1.99. The molecule has 11 heavy (non-hydrogen) atoms. The van der Waals surface area contributed by atoms with Crippen LogP contribution in [0.2, 0.25) is 0 Å². The largest absolute Gasteiger partial charge is 0.313 e. The lowest BCUT2D eigenvalue weighted by Gasteiger charge is -1.87. The number of allylic oxidation sites excluding steroid dienone is 4. The van der Waals surface area contributed by atoms with Crippen LogP contribution in [0.1, 0.15) is 13.3 Å². The van der Waals surface area contributed by atoms with Crippen LogP contribution < -0.4 is 5.43 Å². The number of hydrogen-bond acceptors (Lipinski definition) is 2. The Morgan fingerprint density at radius 1 is 1.64 bits per heavy atom. The van der Waals surface area contributed by atoms with Crippen LogP contribution in [-0.2, 0) is 0 Å². The predicted molar refractivity (Wildman–Crippen MR) is 53.6 cm³/mol. The first-order valence-corrected chi connectivity index (χ1v) is 3.84. The highest BCUT2D eigenvalue weighted by Gasteiger charge is 1.76. The van der Waals surface area contributed by atoms with Crippen molar-refractivity contribution in [2.75, 3.05) is 7.05 Å². The Labute approximate surface area is 69.5 Å². The Hall–Kier alpha value is -0.985. The molecular weight excluding hydrogens is 135 g/mol. The van der Waals surface area contributed by atoms with Crippen LogP contribution in [-0.4, -0.2) is 21.1 Å². The molecule has 2 nitrogen and oxygen atoms in total. The maximum atomic E-state index is 3.81. The lowest BCUT2D eigenvalue weighted by Crippen LogP contribution is -1.91. The molecule has 0 spiro atoms. The number of hydrazone groups is 1. The van der Waals surface area contributed by atoms with Crippen molar-refractivity contribution in [1.29, 1.82) is 0 Å². The van der Waals surface area contributed by atoms with E-state index in [1.165, 1.54) is 5.47 Å². The van der Waals surface area contributed by atoms with Gasteiger partial charge in [0.15, 0.2) is 0 Å². The second-order valence-corrected chi connectivity index (χ2v) is 2.22. The van der Waals surface area contributed by atoms with Crippen molar-refractivity contribution in [3.63, 3.8) is 0 Å². The molecule has 0 unspecified atom stereocenters. The van der Waals surface area contributed by atoms with Crippen LogP contribution >= 0.6 is 0 Å². The van der Waals surface area contributed by atoms with Crippen molar-refractivity contribution < 1.29 is 0 Å². The topological polar surface area (TPSA) is 24.4 Å². The van der Waals surface area contributed by atoms with Crippen molar-refractivity contribution in [3.05, 3.63) is 23.7 Å². The normalized spacial score (nSPS) is 13.1. The van der Waals surface area contributed by atoms with E-state index < -0.39 is 0 Å². The lowest BCUT2D eigenvalue weighted by molar-refractivity contribution is 0.909. The molecule has 0 saturated carbocycles. The molecule has 0 fully saturated rings. The first kappa shape index (κ1) is 10.0. The van der Waals surface area contributed by atoms with Crippen molar-refractivity contribution in [2.24, 2.45) is 5.10 Å². The Kier molecular flexibility index (Phi) is 6.49. The molecule has 1 N–H and O–H groups in total. The molecule has 0 aliphatic heterocycles. The minimum absolute atomic E-state index is 1.08. The molecule has 0 rings (SSSR count). The third-order valence-corrected chi connectivity index (χ3v) is 1.17. The third kappa shape index (κ3) is 6.91. The van der Waals surface area contributed by atoms with E-state index in [0.717, 1.165) is 6.42 Å².